The van der Waals surface area contributed by atoms with Crippen LogP contribution in [0.15, 0.2) is 65.6 Å². The lowest BCUT2D eigenvalue weighted by atomic mass is 9.92. The Labute approximate surface area is 195 Å². The number of carbonyl (C=O) groups excluding carboxylic acids is 1. The monoisotopic (exact) mass is 464 g/mol. The maximum atomic E-state index is 13.3. The SMILES string of the molecule is CNS(=O)(=O)c1ccc(-c2cc(NC(=O)C3(c4ccc5c(c4)CCO5)CC3)ccc2C)cc1.[HH]. The molecule has 2 aliphatic rings. The van der Waals surface area contributed by atoms with Crippen LogP contribution in [0.5, 0.6) is 5.75 Å². The molecule has 0 radical (unpaired) electrons. The van der Waals surface area contributed by atoms with E-state index in [1.54, 1.807) is 24.3 Å². The Morgan fingerprint density at radius 2 is 1.79 bits per heavy atom. The molecule has 0 spiro atoms. The normalized spacial score (nSPS) is 16.1. The van der Waals surface area contributed by atoms with Crippen molar-refractivity contribution < 1.29 is 19.4 Å². The van der Waals surface area contributed by atoms with E-state index in [0.29, 0.717) is 6.61 Å². The average molecular weight is 465 g/mol. The average Bonchev–Trinajstić information content (AvgIpc) is 3.51. The summed E-state index contributed by atoms with van der Waals surface area (Å²) in [6.07, 6.45) is 2.55. The number of hydrogen-bond donors (Lipinski definition) is 2. The van der Waals surface area contributed by atoms with Gasteiger partial charge in [-0.1, -0.05) is 30.3 Å². The van der Waals surface area contributed by atoms with Gasteiger partial charge in [-0.2, -0.15) is 0 Å². The molecule has 5 rings (SSSR count). The number of anilines is 1. The third-order valence-corrected chi connectivity index (χ3v) is 8.10. The molecule has 1 saturated carbocycles. The van der Waals surface area contributed by atoms with Crippen LogP contribution < -0.4 is 14.8 Å². The van der Waals surface area contributed by atoms with Crippen LogP contribution >= 0.6 is 0 Å². The molecule has 0 aromatic heterocycles. The first-order valence-corrected chi connectivity index (χ1v) is 12.5. The van der Waals surface area contributed by atoms with E-state index in [-0.39, 0.29) is 12.2 Å². The molecule has 172 valence electrons. The van der Waals surface area contributed by atoms with Gasteiger partial charge in [-0.3, -0.25) is 4.79 Å². The zero-order valence-electron chi connectivity index (χ0n) is 18.6. The van der Waals surface area contributed by atoms with Crippen LogP contribution in [0.3, 0.4) is 0 Å². The second-order valence-corrected chi connectivity index (χ2v) is 10.6. The number of rotatable bonds is 6. The van der Waals surface area contributed by atoms with Gasteiger partial charge in [-0.25, -0.2) is 13.1 Å². The van der Waals surface area contributed by atoms with Crippen molar-refractivity contribution in [2.24, 2.45) is 0 Å². The van der Waals surface area contributed by atoms with Crippen LogP contribution in [0.1, 0.15) is 31.0 Å². The number of nitrogens with one attached hydrogen (secondary N) is 2. The van der Waals surface area contributed by atoms with E-state index < -0.39 is 15.4 Å². The molecule has 7 heteroatoms. The van der Waals surface area contributed by atoms with Gasteiger partial charge in [-0.05, 0) is 85.0 Å². The number of ether oxygens (including phenoxy) is 1. The lowest BCUT2D eigenvalue weighted by Crippen LogP contribution is -2.27. The first kappa shape index (κ1) is 21.7. The molecular formula is C26H28N2O4S. The highest BCUT2D eigenvalue weighted by Gasteiger charge is 2.51. The Hall–Kier alpha value is -3.16. The number of carbonyl (C=O) groups is 1. The third kappa shape index (κ3) is 3.92. The van der Waals surface area contributed by atoms with Crippen LogP contribution in [0.2, 0.25) is 0 Å². The quantitative estimate of drug-likeness (QED) is 0.566. The van der Waals surface area contributed by atoms with E-state index in [1.165, 1.54) is 12.6 Å². The van der Waals surface area contributed by atoms with Gasteiger partial charge in [0.05, 0.1) is 16.9 Å². The van der Waals surface area contributed by atoms with Crippen molar-refractivity contribution in [2.75, 3.05) is 19.0 Å². The standard InChI is InChI=1S/C26H26N2O4S.H2/c1-17-3-7-21(16-23(17)18-4-8-22(9-5-18)33(30,31)27-2)28-25(29)26(12-13-26)20-6-10-24-19(15-20)11-14-32-24;/h3-10,15-16,27H,11-14H2,1-2H3,(H,28,29);1H. The number of aryl methyl sites for hydroxylation is 1. The predicted octanol–water partition coefficient (Wildman–Crippen LogP) is 4.42. The van der Waals surface area contributed by atoms with Crippen molar-refractivity contribution in [3.05, 3.63) is 77.4 Å². The second-order valence-electron chi connectivity index (χ2n) is 8.72. The second kappa shape index (κ2) is 8.01. The number of amides is 1. The minimum atomic E-state index is -3.49. The molecule has 33 heavy (non-hydrogen) atoms. The van der Waals surface area contributed by atoms with Crippen LogP contribution in [-0.2, 0) is 26.7 Å². The molecule has 1 fully saturated rings. The highest BCUT2D eigenvalue weighted by atomic mass is 32.2. The van der Waals surface area contributed by atoms with Crippen molar-refractivity contribution in [3.8, 4) is 16.9 Å². The summed E-state index contributed by atoms with van der Waals surface area (Å²) in [7, 11) is -2.09. The van der Waals surface area contributed by atoms with Crippen molar-refractivity contribution in [2.45, 2.75) is 36.5 Å². The van der Waals surface area contributed by atoms with E-state index in [2.05, 4.69) is 16.1 Å². The first-order valence-electron chi connectivity index (χ1n) is 11.0. The van der Waals surface area contributed by atoms with Crippen molar-refractivity contribution in [3.63, 3.8) is 0 Å². The lowest BCUT2D eigenvalue weighted by molar-refractivity contribution is -0.118. The molecule has 1 aliphatic carbocycles. The highest BCUT2D eigenvalue weighted by Crippen LogP contribution is 2.50. The maximum Gasteiger partial charge on any atom is 0.240 e. The summed E-state index contributed by atoms with van der Waals surface area (Å²) >= 11 is 0. The molecule has 1 aliphatic heterocycles. The van der Waals surface area contributed by atoms with Crippen molar-refractivity contribution >= 4 is 21.6 Å². The topological polar surface area (TPSA) is 84.5 Å². The van der Waals surface area contributed by atoms with Gasteiger partial charge in [0.1, 0.15) is 5.75 Å². The maximum absolute atomic E-state index is 13.3. The van der Waals surface area contributed by atoms with E-state index in [0.717, 1.165) is 53.0 Å². The zero-order chi connectivity index (χ0) is 23.2. The molecule has 1 heterocycles. The largest absolute Gasteiger partial charge is 0.493 e. The van der Waals surface area contributed by atoms with Gasteiger partial charge in [-0.15, -0.1) is 0 Å². The van der Waals surface area contributed by atoms with Crippen LogP contribution in [0.4, 0.5) is 5.69 Å². The molecule has 0 unspecified atom stereocenters. The van der Waals surface area contributed by atoms with E-state index >= 15 is 0 Å². The first-order chi connectivity index (χ1) is 15.8. The Balaban J connectivity index is 0.00000274. The number of hydrogen-bond acceptors (Lipinski definition) is 4. The van der Waals surface area contributed by atoms with Gasteiger partial charge in [0.2, 0.25) is 15.9 Å². The van der Waals surface area contributed by atoms with E-state index in [1.807, 2.05) is 37.3 Å². The van der Waals surface area contributed by atoms with Crippen LogP contribution in [0.25, 0.3) is 11.1 Å². The summed E-state index contributed by atoms with van der Waals surface area (Å²) in [5.74, 6) is 0.929. The minimum absolute atomic E-state index is 0. The van der Waals surface area contributed by atoms with Gasteiger partial charge < -0.3 is 10.1 Å². The van der Waals surface area contributed by atoms with Gasteiger partial charge >= 0.3 is 0 Å². The molecular weight excluding hydrogens is 436 g/mol. The van der Waals surface area contributed by atoms with Gasteiger partial charge in [0.15, 0.2) is 0 Å². The molecule has 6 nitrogen and oxygen atoms in total. The van der Waals surface area contributed by atoms with Crippen molar-refractivity contribution in [1.29, 1.82) is 0 Å². The molecule has 3 aromatic rings. The molecule has 0 bridgehead atoms. The lowest BCUT2D eigenvalue weighted by Gasteiger charge is -2.18. The van der Waals surface area contributed by atoms with E-state index in [4.69, 9.17) is 4.74 Å². The minimum Gasteiger partial charge on any atom is -0.493 e. The third-order valence-electron chi connectivity index (χ3n) is 6.67. The molecule has 3 aromatic carbocycles. The fraction of sp³-hybridized carbons (Fsp3) is 0.269. The Morgan fingerprint density at radius 1 is 1.03 bits per heavy atom. The molecule has 2 N–H and O–H groups in total. The summed E-state index contributed by atoms with van der Waals surface area (Å²) in [5.41, 5.74) is 5.34. The number of fused-ring (bicyclic) bond motifs is 1. The summed E-state index contributed by atoms with van der Waals surface area (Å²) in [6, 6.07) is 18.7. The Bertz CT molecular complexity index is 1350. The zero-order valence-corrected chi connectivity index (χ0v) is 19.5. The number of benzene rings is 3. The van der Waals surface area contributed by atoms with Crippen LogP contribution in [0, 0.1) is 6.92 Å². The van der Waals surface area contributed by atoms with Crippen LogP contribution in [-0.4, -0.2) is 28.0 Å². The van der Waals surface area contributed by atoms with Gasteiger partial charge in [0.25, 0.3) is 0 Å². The Morgan fingerprint density at radius 3 is 2.48 bits per heavy atom. The summed E-state index contributed by atoms with van der Waals surface area (Å²) < 4.78 is 31.9. The fourth-order valence-corrected chi connectivity index (χ4v) is 5.18. The summed E-state index contributed by atoms with van der Waals surface area (Å²) in [5, 5.41) is 3.12. The predicted molar refractivity (Wildman–Crippen MR) is 130 cm³/mol. The summed E-state index contributed by atoms with van der Waals surface area (Å²) in [6.45, 7) is 2.69. The highest BCUT2D eigenvalue weighted by molar-refractivity contribution is 7.89. The van der Waals surface area contributed by atoms with Gasteiger partial charge in [0, 0.05) is 13.5 Å². The molecule has 0 saturated heterocycles. The van der Waals surface area contributed by atoms with E-state index in [9.17, 15) is 13.2 Å². The smallest absolute Gasteiger partial charge is 0.240 e. The molecule has 1 amide bonds. The summed E-state index contributed by atoms with van der Waals surface area (Å²) in [4.78, 5) is 13.5. The Kier molecular flexibility index (Phi) is 5.26. The molecule has 0 atom stereocenters. The fourth-order valence-electron chi connectivity index (χ4n) is 4.45. The van der Waals surface area contributed by atoms with Crippen molar-refractivity contribution in [1.82, 2.24) is 4.72 Å². The number of sulfonamides is 1.